The number of rotatable bonds is 4. The first-order chi connectivity index (χ1) is 8.22. The number of nitrogens with one attached hydrogen (secondary N) is 1. The zero-order valence-corrected chi connectivity index (χ0v) is 10.3. The Balaban J connectivity index is 2.24. The van der Waals surface area contributed by atoms with Crippen LogP contribution in [0.4, 0.5) is 11.7 Å². The number of aryl methyl sites for hydroxylation is 1. The largest absolute Gasteiger partial charge is 0.406 e. The van der Waals surface area contributed by atoms with Gasteiger partial charge in [-0.3, -0.25) is 4.90 Å². The lowest BCUT2D eigenvalue weighted by Crippen LogP contribution is -2.11. The number of hydrogen-bond donors (Lipinski definition) is 1. The van der Waals surface area contributed by atoms with E-state index in [4.69, 9.17) is 4.42 Å². The maximum atomic E-state index is 5.54. The van der Waals surface area contributed by atoms with E-state index < -0.39 is 0 Å². The third kappa shape index (κ3) is 2.45. The Labute approximate surface area is 100 Å². The molecule has 1 aromatic heterocycles. The van der Waals surface area contributed by atoms with Crippen LogP contribution in [0.3, 0.4) is 0 Å². The van der Waals surface area contributed by atoms with Crippen LogP contribution in [0.1, 0.15) is 11.5 Å². The number of anilines is 2. The zero-order valence-electron chi connectivity index (χ0n) is 10.3. The zero-order chi connectivity index (χ0) is 12.3. The van der Waals surface area contributed by atoms with E-state index in [1.807, 2.05) is 37.2 Å². The van der Waals surface area contributed by atoms with Crippen molar-refractivity contribution in [2.75, 3.05) is 19.0 Å². The van der Waals surface area contributed by atoms with Gasteiger partial charge in [0.2, 0.25) is 5.89 Å². The summed E-state index contributed by atoms with van der Waals surface area (Å²) in [5.74, 6) is 0.586. The summed E-state index contributed by atoms with van der Waals surface area (Å²) in [6.45, 7) is 2.63. The van der Waals surface area contributed by atoms with Crippen LogP contribution in [0.2, 0.25) is 0 Å². The minimum atomic E-state index is 0.504. The topological polar surface area (TPSA) is 54.2 Å². The molecule has 0 fully saturated rings. The lowest BCUT2D eigenvalue weighted by Gasteiger charge is -2.16. The normalized spacial score (nSPS) is 10.5. The van der Waals surface area contributed by atoms with Crippen molar-refractivity contribution in [3.8, 4) is 0 Å². The number of para-hydroxylation sites is 1. The molecule has 1 heterocycles. The fourth-order valence-electron chi connectivity index (χ4n) is 1.65. The smallest absolute Gasteiger partial charge is 0.322 e. The van der Waals surface area contributed by atoms with Crippen LogP contribution < -0.4 is 10.2 Å². The van der Waals surface area contributed by atoms with Crippen LogP contribution in [-0.2, 0) is 6.54 Å². The standard InChI is InChI=1S/C12H16N4O/c1-9-6-4-5-7-10(9)16(3)12-15-14-11(17-12)8-13-2/h4-7,13H,8H2,1-3H3. The summed E-state index contributed by atoms with van der Waals surface area (Å²) >= 11 is 0. The summed E-state index contributed by atoms with van der Waals surface area (Å²) in [4.78, 5) is 1.89. The van der Waals surface area contributed by atoms with Gasteiger partial charge < -0.3 is 9.73 Å². The van der Waals surface area contributed by atoms with Gasteiger partial charge in [0.15, 0.2) is 0 Å². The van der Waals surface area contributed by atoms with Crippen molar-refractivity contribution in [3.05, 3.63) is 35.7 Å². The predicted molar refractivity (Wildman–Crippen MR) is 66.3 cm³/mol. The van der Waals surface area contributed by atoms with Crippen LogP contribution in [0.25, 0.3) is 0 Å². The highest BCUT2D eigenvalue weighted by Gasteiger charge is 2.13. The molecule has 1 N–H and O–H groups in total. The van der Waals surface area contributed by atoms with E-state index in [9.17, 15) is 0 Å². The highest BCUT2D eigenvalue weighted by molar-refractivity contribution is 5.59. The summed E-state index contributed by atoms with van der Waals surface area (Å²) in [5, 5.41) is 11.0. The molecular weight excluding hydrogens is 216 g/mol. The van der Waals surface area contributed by atoms with Crippen LogP contribution >= 0.6 is 0 Å². The van der Waals surface area contributed by atoms with Gasteiger partial charge in [-0.05, 0) is 25.6 Å². The van der Waals surface area contributed by atoms with Crippen molar-refractivity contribution < 1.29 is 4.42 Å². The molecule has 0 aliphatic heterocycles. The van der Waals surface area contributed by atoms with Gasteiger partial charge in [-0.25, -0.2) is 0 Å². The Hall–Kier alpha value is -1.88. The molecule has 0 spiro atoms. The molecule has 0 atom stereocenters. The maximum absolute atomic E-state index is 5.54. The number of benzene rings is 1. The quantitative estimate of drug-likeness (QED) is 0.872. The van der Waals surface area contributed by atoms with Crippen molar-refractivity contribution >= 4 is 11.7 Å². The van der Waals surface area contributed by atoms with E-state index in [0.717, 1.165) is 5.69 Å². The van der Waals surface area contributed by atoms with Crippen molar-refractivity contribution in [2.45, 2.75) is 13.5 Å². The van der Waals surface area contributed by atoms with Gasteiger partial charge in [0.1, 0.15) is 0 Å². The predicted octanol–water partition coefficient (Wildman–Crippen LogP) is 1.87. The molecule has 0 saturated heterocycles. The van der Waals surface area contributed by atoms with Crippen LogP contribution in [0.15, 0.2) is 28.7 Å². The van der Waals surface area contributed by atoms with Crippen LogP contribution in [0, 0.1) is 6.92 Å². The van der Waals surface area contributed by atoms with Gasteiger partial charge >= 0.3 is 6.01 Å². The van der Waals surface area contributed by atoms with E-state index in [1.165, 1.54) is 5.56 Å². The van der Waals surface area contributed by atoms with Gasteiger partial charge in [0, 0.05) is 12.7 Å². The molecular formula is C12H16N4O. The van der Waals surface area contributed by atoms with Gasteiger partial charge in [0.05, 0.1) is 6.54 Å². The Morgan fingerprint density at radius 3 is 2.76 bits per heavy atom. The highest BCUT2D eigenvalue weighted by Crippen LogP contribution is 2.25. The molecule has 0 aliphatic carbocycles. The van der Waals surface area contributed by atoms with Gasteiger partial charge in [0.25, 0.3) is 0 Å². The van der Waals surface area contributed by atoms with Crippen molar-refractivity contribution in [3.63, 3.8) is 0 Å². The minimum Gasteiger partial charge on any atom is -0.406 e. The molecule has 0 saturated carbocycles. The first-order valence-corrected chi connectivity index (χ1v) is 5.48. The first kappa shape index (κ1) is 11.6. The van der Waals surface area contributed by atoms with Gasteiger partial charge in [-0.1, -0.05) is 23.3 Å². The summed E-state index contributed by atoms with van der Waals surface area (Å²) in [6.07, 6.45) is 0. The lowest BCUT2D eigenvalue weighted by molar-refractivity contribution is 0.483. The number of nitrogens with zero attached hydrogens (tertiary/aromatic N) is 3. The summed E-state index contributed by atoms with van der Waals surface area (Å²) < 4.78 is 5.54. The van der Waals surface area contributed by atoms with E-state index in [2.05, 4.69) is 28.5 Å². The Kier molecular flexibility index (Phi) is 3.39. The number of hydrogen-bond acceptors (Lipinski definition) is 5. The molecule has 0 amide bonds. The molecule has 2 aromatic rings. The molecule has 0 bridgehead atoms. The lowest BCUT2D eigenvalue weighted by atomic mass is 10.2. The fraction of sp³-hybridized carbons (Fsp3) is 0.333. The van der Waals surface area contributed by atoms with E-state index >= 15 is 0 Å². The Morgan fingerprint density at radius 2 is 2.06 bits per heavy atom. The maximum Gasteiger partial charge on any atom is 0.322 e. The molecule has 17 heavy (non-hydrogen) atoms. The average Bonchev–Trinajstić information content (AvgIpc) is 2.78. The summed E-state index contributed by atoms with van der Waals surface area (Å²) in [5.41, 5.74) is 2.23. The first-order valence-electron chi connectivity index (χ1n) is 5.48. The second-order valence-electron chi connectivity index (χ2n) is 3.85. The van der Waals surface area contributed by atoms with Crippen molar-refractivity contribution in [1.82, 2.24) is 15.5 Å². The van der Waals surface area contributed by atoms with Crippen LogP contribution in [-0.4, -0.2) is 24.3 Å². The second-order valence-corrected chi connectivity index (χ2v) is 3.85. The summed E-state index contributed by atoms with van der Waals surface area (Å²) in [7, 11) is 3.76. The van der Waals surface area contributed by atoms with Crippen molar-refractivity contribution in [2.24, 2.45) is 0 Å². The molecule has 0 unspecified atom stereocenters. The Bertz CT molecular complexity index is 495. The van der Waals surface area contributed by atoms with E-state index in [1.54, 1.807) is 0 Å². The highest BCUT2D eigenvalue weighted by atomic mass is 16.4. The Morgan fingerprint density at radius 1 is 1.29 bits per heavy atom. The molecule has 1 aromatic carbocycles. The van der Waals surface area contributed by atoms with Gasteiger partial charge in [-0.2, -0.15) is 0 Å². The third-order valence-corrected chi connectivity index (χ3v) is 2.55. The van der Waals surface area contributed by atoms with Gasteiger partial charge in [-0.15, -0.1) is 5.10 Å². The fourth-order valence-corrected chi connectivity index (χ4v) is 1.65. The molecule has 0 aliphatic rings. The van der Waals surface area contributed by atoms with E-state index in [-0.39, 0.29) is 0 Å². The monoisotopic (exact) mass is 232 g/mol. The number of aromatic nitrogens is 2. The minimum absolute atomic E-state index is 0.504. The molecule has 5 nitrogen and oxygen atoms in total. The van der Waals surface area contributed by atoms with Crippen LogP contribution in [0.5, 0.6) is 0 Å². The second kappa shape index (κ2) is 4.97. The molecule has 5 heteroatoms. The van der Waals surface area contributed by atoms with Crippen molar-refractivity contribution in [1.29, 1.82) is 0 Å². The molecule has 2 rings (SSSR count). The molecule has 0 radical (unpaired) electrons. The SMILES string of the molecule is CNCc1nnc(N(C)c2ccccc2C)o1. The third-order valence-electron chi connectivity index (χ3n) is 2.55. The summed E-state index contributed by atoms with van der Waals surface area (Å²) in [6, 6.07) is 8.58. The molecule has 90 valence electrons. The average molecular weight is 232 g/mol. The van der Waals surface area contributed by atoms with E-state index in [0.29, 0.717) is 18.5 Å².